The fourth-order valence-corrected chi connectivity index (χ4v) is 2.63. The van der Waals surface area contributed by atoms with Crippen molar-refractivity contribution in [1.82, 2.24) is 4.98 Å². The van der Waals surface area contributed by atoms with E-state index in [-0.39, 0.29) is 18.3 Å². The van der Waals surface area contributed by atoms with E-state index in [0.29, 0.717) is 23.6 Å². The molecule has 0 saturated heterocycles. The number of oxazole rings is 1. The molecule has 0 bridgehead atoms. The van der Waals surface area contributed by atoms with E-state index in [1.807, 2.05) is 24.5 Å². The van der Waals surface area contributed by atoms with Crippen LogP contribution in [-0.2, 0) is 4.79 Å². The van der Waals surface area contributed by atoms with Gasteiger partial charge in [0.1, 0.15) is 5.52 Å². The van der Waals surface area contributed by atoms with Crippen molar-refractivity contribution >= 4 is 46.9 Å². The number of fused-ring (bicyclic) bond motifs is 1. The first-order valence-corrected chi connectivity index (χ1v) is 8.52. The van der Waals surface area contributed by atoms with Gasteiger partial charge in [-0.15, -0.1) is 12.4 Å². The monoisotopic (exact) mass is 341 g/mol. The van der Waals surface area contributed by atoms with E-state index in [1.165, 1.54) is 0 Å². The number of benzene rings is 1. The van der Waals surface area contributed by atoms with Crippen LogP contribution in [0.1, 0.15) is 31.1 Å². The van der Waals surface area contributed by atoms with E-state index >= 15 is 0 Å². The summed E-state index contributed by atoms with van der Waals surface area (Å²) in [6.07, 6.45) is 4.98. The summed E-state index contributed by atoms with van der Waals surface area (Å²) in [6, 6.07) is 5.03. The summed E-state index contributed by atoms with van der Waals surface area (Å²) in [4.78, 5) is 16.4. The average Bonchev–Trinajstić information content (AvgIpc) is 3.24. The fraction of sp³-hybridized carbons (Fsp3) is 0.467. The number of halogens is 1. The summed E-state index contributed by atoms with van der Waals surface area (Å²) in [5.41, 5.74) is 8.10. The molecule has 1 fully saturated rings. The standard InChI is InChI=1S/C15H19N3O2S.ClH/c1-21-7-6-11(16)14(19)17-10-4-5-12-13(8-10)20-15(18-12)9-2-3-9;/h4-5,8-9,11H,2-3,6-7,16H2,1H3,(H,17,19);1H/t11-;/m0./s1. The number of nitrogens with one attached hydrogen (secondary N) is 1. The van der Waals surface area contributed by atoms with Crippen LogP contribution >= 0.6 is 24.2 Å². The zero-order valence-electron chi connectivity index (χ0n) is 12.4. The van der Waals surface area contributed by atoms with Crippen molar-refractivity contribution in [3.63, 3.8) is 0 Å². The molecule has 3 N–H and O–H groups in total. The molecular formula is C15H20ClN3O2S. The van der Waals surface area contributed by atoms with Gasteiger partial charge in [0.15, 0.2) is 11.5 Å². The average molecular weight is 342 g/mol. The first kappa shape index (κ1) is 17.1. The van der Waals surface area contributed by atoms with Gasteiger partial charge in [0.25, 0.3) is 0 Å². The summed E-state index contributed by atoms with van der Waals surface area (Å²) in [6.45, 7) is 0. The molecule has 1 aromatic carbocycles. The molecule has 1 amide bonds. The summed E-state index contributed by atoms with van der Waals surface area (Å²) < 4.78 is 5.74. The highest BCUT2D eigenvalue weighted by molar-refractivity contribution is 7.98. The number of carbonyl (C=O) groups excluding carboxylic acids is 1. The maximum Gasteiger partial charge on any atom is 0.241 e. The normalized spacial score (nSPS) is 15.4. The molecular weight excluding hydrogens is 322 g/mol. The van der Waals surface area contributed by atoms with Crippen LogP contribution in [0.3, 0.4) is 0 Å². The second kappa shape index (κ2) is 7.35. The van der Waals surface area contributed by atoms with E-state index in [4.69, 9.17) is 10.2 Å². The Morgan fingerprint density at radius 1 is 1.55 bits per heavy atom. The van der Waals surface area contributed by atoms with Crippen molar-refractivity contribution in [3.05, 3.63) is 24.1 Å². The van der Waals surface area contributed by atoms with Crippen LogP contribution < -0.4 is 11.1 Å². The van der Waals surface area contributed by atoms with Gasteiger partial charge in [-0.05, 0) is 43.4 Å². The molecule has 2 aromatic rings. The third-order valence-corrected chi connectivity index (χ3v) is 4.21. The van der Waals surface area contributed by atoms with Crippen LogP contribution in [0.5, 0.6) is 0 Å². The lowest BCUT2D eigenvalue weighted by molar-refractivity contribution is -0.117. The van der Waals surface area contributed by atoms with Crippen LogP contribution in [0.2, 0.25) is 0 Å². The van der Waals surface area contributed by atoms with E-state index in [9.17, 15) is 4.79 Å². The minimum Gasteiger partial charge on any atom is -0.440 e. The van der Waals surface area contributed by atoms with Gasteiger partial charge >= 0.3 is 0 Å². The second-order valence-corrected chi connectivity index (χ2v) is 6.37. The van der Waals surface area contributed by atoms with Crippen molar-refractivity contribution in [2.24, 2.45) is 5.73 Å². The summed E-state index contributed by atoms with van der Waals surface area (Å²) >= 11 is 1.68. The molecule has 1 atom stereocenters. The van der Waals surface area contributed by atoms with Crippen molar-refractivity contribution in [2.75, 3.05) is 17.3 Å². The minimum absolute atomic E-state index is 0. The second-order valence-electron chi connectivity index (χ2n) is 5.39. The molecule has 0 unspecified atom stereocenters. The number of nitrogens with two attached hydrogens (primary N) is 1. The molecule has 120 valence electrons. The number of amides is 1. The lowest BCUT2D eigenvalue weighted by atomic mass is 10.2. The zero-order valence-corrected chi connectivity index (χ0v) is 14.0. The zero-order chi connectivity index (χ0) is 14.8. The van der Waals surface area contributed by atoms with Gasteiger partial charge in [-0.1, -0.05) is 0 Å². The van der Waals surface area contributed by atoms with E-state index in [1.54, 1.807) is 11.8 Å². The maximum absolute atomic E-state index is 12.0. The van der Waals surface area contributed by atoms with Crippen LogP contribution in [0.25, 0.3) is 11.1 Å². The molecule has 22 heavy (non-hydrogen) atoms. The van der Waals surface area contributed by atoms with Gasteiger partial charge < -0.3 is 15.5 Å². The molecule has 1 aliphatic carbocycles. The number of aromatic nitrogens is 1. The molecule has 0 spiro atoms. The third kappa shape index (κ3) is 3.94. The molecule has 5 nitrogen and oxygen atoms in total. The Balaban J connectivity index is 0.00000176. The van der Waals surface area contributed by atoms with Crippen LogP contribution in [0, 0.1) is 0 Å². The molecule has 1 saturated carbocycles. The number of nitrogens with zero attached hydrogens (tertiary/aromatic N) is 1. The third-order valence-electron chi connectivity index (χ3n) is 3.57. The lowest BCUT2D eigenvalue weighted by Gasteiger charge is -2.11. The molecule has 1 aliphatic rings. The van der Waals surface area contributed by atoms with Gasteiger partial charge in [-0.25, -0.2) is 4.98 Å². The highest BCUT2D eigenvalue weighted by Gasteiger charge is 2.28. The number of hydrogen-bond acceptors (Lipinski definition) is 5. The van der Waals surface area contributed by atoms with Gasteiger partial charge in [0.2, 0.25) is 5.91 Å². The van der Waals surface area contributed by atoms with Crippen molar-refractivity contribution in [1.29, 1.82) is 0 Å². The first-order valence-electron chi connectivity index (χ1n) is 7.13. The number of hydrogen-bond donors (Lipinski definition) is 2. The topological polar surface area (TPSA) is 81.2 Å². The summed E-state index contributed by atoms with van der Waals surface area (Å²) in [5, 5.41) is 2.84. The molecule has 3 rings (SSSR count). The van der Waals surface area contributed by atoms with Gasteiger partial charge in [0.05, 0.1) is 6.04 Å². The molecule has 0 radical (unpaired) electrons. The quantitative estimate of drug-likeness (QED) is 0.843. The molecule has 1 aromatic heterocycles. The Morgan fingerprint density at radius 2 is 2.32 bits per heavy atom. The Morgan fingerprint density at radius 3 is 3.00 bits per heavy atom. The number of anilines is 1. The Labute approximate surface area is 139 Å². The summed E-state index contributed by atoms with van der Waals surface area (Å²) in [7, 11) is 0. The van der Waals surface area contributed by atoms with Gasteiger partial charge in [-0.3, -0.25) is 4.79 Å². The Kier molecular flexibility index (Phi) is 5.72. The highest BCUT2D eigenvalue weighted by Crippen LogP contribution is 2.40. The predicted octanol–water partition coefficient (Wildman–Crippen LogP) is 3.15. The number of thioether (sulfide) groups is 1. The minimum atomic E-state index is -0.482. The molecule has 0 aliphatic heterocycles. The van der Waals surface area contributed by atoms with Crippen LogP contribution in [0.4, 0.5) is 5.69 Å². The predicted molar refractivity (Wildman–Crippen MR) is 92.8 cm³/mol. The SMILES string of the molecule is CSCC[C@H](N)C(=O)Nc1ccc2nc(C3CC3)oc2c1.Cl. The fourth-order valence-electron chi connectivity index (χ4n) is 2.14. The number of carbonyl (C=O) groups is 1. The van der Waals surface area contributed by atoms with Crippen molar-refractivity contribution in [3.8, 4) is 0 Å². The lowest BCUT2D eigenvalue weighted by Crippen LogP contribution is -2.36. The van der Waals surface area contributed by atoms with Crippen LogP contribution in [0.15, 0.2) is 22.6 Å². The smallest absolute Gasteiger partial charge is 0.241 e. The van der Waals surface area contributed by atoms with E-state index < -0.39 is 6.04 Å². The van der Waals surface area contributed by atoms with E-state index in [2.05, 4.69) is 10.3 Å². The first-order chi connectivity index (χ1) is 10.2. The van der Waals surface area contributed by atoms with E-state index in [0.717, 1.165) is 30.0 Å². The largest absolute Gasteiger partial charge is 0.440 e. The number of rotatable bonds is 6. The van der Waals surface area contributed by atoms with Gasteiger partial charge in [0, 0.05) is 17.7 Å². The maximum atomic E-state index is 12.0. The van der Waals surface area contributed by atoms with Crippen molar-refractivity contribution in [2.45, 2.75) is 31.2 Å². The molecule has 7 heteroatoms. The van der Waals surface area contributed by atoms with Gasteiger partial charge in [-0.2, -0.15) is 11.8 Å². The van der Waals surface area contributed by atoms with Crippen LogP contribution in [-0.4, -0.2) is 28.9 Å². The van der Waals surface area contributed by atoms with Crippen molar-refractivity contribution < 1.29 is 9.21 Å². The summed E-state index contributed by atoms with van der Waals surface area (Å²) in [5.74, 6) is 2.01. The Bertz CT molecular complexity index is 657. The molecule has 1 heterocycles. The Hall–Kier alpha value is -1.24. The highest BCUT2D eigenvalue weighted by atomic mass is 35.5.